The van der Waals surface area contributed by atoms with E-state index in [4.69, 9.17) is 32.8 Å². The minimum atomic E-state index is -4.80. The van der Waals surface area contributed by atoms with Crippen LogP contribution < -0.4 is 30.9 Å². The Labute approximate surface area is 411 Å². The average Bonchev–Trinajstić information content (AvgIpc) is 3.89. The van der Waals surface area contributed by atoms with Gasteiger partial charge in [0.1, 0.15) is 30.0 Å². The van der Waals surface area contributed by atoms with Crippen LogP contribution in [0.15, 0.2) is 97.1 Å². The van der Waals surface area contributed by atoms with Crippen LogP contribution in [0.4, 0.5) is 24.5 Å². The lowest BCUT2D eigenvalue weighted by molar-refractivity contribution is -0.144. The summed E-state index contributed by atoms with van der Waals surface area (Å²) in [6, 6.07) is 25.2. The van der Waals surface area contributed by atoms with E-state index in [0.717, 1.165) is 45.5 Å². The zero-order valence-corrected chi connectivity index (χ0v) is 40.5. The monoisotopic (exact) mass is 978 g/mol. The van der Waals surface area contributed by atoms with Crippen molar-refractivity contribution in [3.8, 4) is 22.9 Å². The number of halogens is 3. The van der Waals surface area contributed by atoms with Crippen LogP contribution in [0.25, 0.3) is 16.8 Å². The van der Waals surface area contributed by atoms with Crippen LogP contribution in [-0.2, 0) is 36.6 Å². The molecule has 0 radical (unpaired) electrons. The highest BCUT2D eigenvalue weighted by molar-refractivity contribution is 7.81. The smallest absolute Gasteiger partial charge is 0.417 e. The van der Waals surface area contributed by atoms with E-state index in [-0.39, 0.29) is 35.8 Å². The van der Waals surface area contributed by atoms with Crippen molar-refractivity contribution in [1.29, 1.82) is 10.7 Å². The molecule has 2 saturated heterocycles. The second-order valence-electron chi connectivity index (χ2n) is 18.6. The van der Waals surface area contributed by atoms with Gasteiger partial charge in [0.2, 0.25) is 17.7 Å². The molecule has 2 heterocycles. The average molecular weight is 979 g/mol. The van der Waals surface area contributed by atoms with Crippen LogP contribution in [0.2, 0.25) is 0 Å². The number of benzene rings is 4. The van der Waals surface area contributed by atoms with Crippen LogP contribution >= 0.6 is 12.2 Å². The first-order valence-electron chi connectivity index (χ1n) is 22.8. The number of nitriles is 1. The van der Waals surface area contributed by atoms with E-state index in [1.165, 1.54) is 12.1 Å². The fourth-order valence-electron chi connectivity index (χ4n) is 8.30. The molecule has 2 fully saturated rings. The fourth-order valence-corrected chi connectivity index (χ4v) is 8.82. The fraction of sp³-hybridized carbons (Fsp3) is 0.365. The summed E-state index contributed by atoms with van der Waals surface area (Å²) in [5, 5.41) is 22.2. The van der Waals surface area contributed by atoms with Gasteiger partial charge in [0, 0.05) is 37.3 Å². The molecule has 368 valence electrons. The summed E-state index contributed by atoms with van der Waals surface area (Å²) >= 11 is 5.67. The largest absolute Gasteiger partial charge is 0.494 e. The van der Waals surface area contributed by atoms with Crippen molar-refractivity contribution in [3.63, 3.8) is 0 Å². The number of allylic oxidation sites excluding steroid dienone is 1. The Kier molecular flexibility index (Phi) is 16.5. The molecule has 2 aliphatic rings. The molecule has 0 aromatic heterocycles. The van der Waals surface area contributed by atoms with Crippen molar-refractivity contribution >= 4 is 64.2 Å². The summed E-state index contributed by atoms with van der Waals surface area (Å²) in [7, 11) is 0. The lowest BCUT2D eigenvalue weighted by Gasteiger charge is -2.35. The molecule has 4 aromatic rings. The molecule has 5 N–H and O–H groups in total. The number of alkyl halides is 3. The van der Waals surface area contributed by atoms with Crippen molar-refractivity contribution in [1.82, 2.24) is 15.5 Å². The number of nitrogens with one attached hydrogen (secondary N) is 3. The summed E-state index contributed by atoms with van der Waals surface area (Å²) in [6.07, 6.45) is 0.241. The molecule has 2 aliphatic heterocycles. The topological polar surface area (TPSA) is 194 Å². The minimum Gasteiger partial charge on any atom is -0.494 e. The Morgan fingerprint density at radius 3 is 2.20 bits per heavy atom. The summed E-state index contributed by atoms with van der Waals surface area (Å²) in [5.74, 6) is -0.885. The van der Waals surface area contributed by atoms with Crippen molar-refractivity contribution in [2.45, 2.75) is 90.6 Å². The molecule has 14 nitrogen and oxygen atoms in total. The van der Waals surface area contributed by atoms with E-state index in [2.05, 4.69) is 10.6 Å². The van der Waals surface area contributed by atoms with E-state index in [9.17, 15) is 37.6 Å². The first-order chi connectivity index (χ1) is 33.1. The zero-order chi connectivity index (χ0) is 51.0. The third-order valence-electron chi connectivity index (χ3n) is 12.1. The number of hydrogen-bond acceptors (Lipinski definition) is 10. The molecule has 0 aliphatic carbocycles. The number of hydrogen-bond donors (Lipinski definition) is 4. The van der Waals surface area contributed by atoms with Crippen molar-refractivity contribution in [2.75, 3.05) is 36.2 Å². The SMILES string of the molecule is CC(C)(C)[C@H](NC(=O)COCCCCOc1ccc(-c2ccc(N3C(=S)N(c4ccc(C#N)c(C(F)(F)F)c4)C(=O)C3(C)C)cc2)cc1)C(=O)N1CCC[C@H]1C(=O)NCc1ccc(/C(N)=C/C=N)cc1. The van der Waals surface area contributed by atoms with Gasteiger partial charge in [-0.25, -0.2) is 0 Å². The number of carbonyl (C=O) groups excluding carboxylic acids is 4. The van der Waals surface area contributed by atoms with E-state index in [1.54, 1.807) is 41.8 Å². The zero-order valence-electron chi connectivity index (χ0n) is 39.7. The summed E-state index contributed by atoms with van der Waals surface area (Å²) < 4.78 is 52.9. The molecule has 2 atom stereocenters. The van der Waals surface area contributed by atoms with Crippen LogP contribution in [-0.4, -0.2) is 83.8 Å². The number of carbonyl (C=O) groups is 4. The lowest BCUT2D eigenvalue weighted by atomic mass is 9.85. The van der Waals surface area contributed by atoms with Crippen LogP contribution in [0.1, 0.15) is 82.6 Å². The normalized spacial score (nSPS) is 16.5. The highest BCUT2D eigenvalue weighted by Crippen LogP contribution is 2.40. The maximum Gasteiger partial charge on any atom is 0.417 e. The highest BCUT2D eigenvalue weighted by atomic mass is 32.1. The minimum absolute atomic E-state index is 0.00581. The van der Waals surface area contributed by atoms with Crippen molar-refractivity contribution < 1.29 is 41.8 Å². The number of anilines is 2. The van der Waals surface area contributed by atoms with E-state index in [0.29, 0.717) is 62.6 Å². The molecule has 0 bridgehead atoms. The second-order valence-corrected chi connectivity index (χ2v) is 19.0. The van der Waals surface area contributed by atoms with Crippen LogP contribution in [0.5, 0.6) is 5.75 Å². The number of rotatable bonds is 18. The molecule has 4 aromatic carbocycles. The van der Waals surface area contributed by atoms with Gasteiger partial charge >= 0.3 is 6.18 Å². The Bertz CT molecular complexity index is 2660. The molecule has 6 rings (SSSR count). The maximum atomic E-state index is 13.9. The molecule has 70 heavy (non-hydrogen) atoms. The Morgan fingerprint density at radius 2 is 1.59 bits per heavy atom. The molecular formula is C52H57F3N8O6S. The Balaban J connectivity index is 0.930. The van der Waals surface area contributed by atoms with E-state index < -0.39 is 52.2 Å². The third kappa shape index (κ3) is 12.2. The molecule has 18 heteroatoms. The van der Waals surface area contributed by atoms with Gasteiger partial charge in [0.25, 0.3) is 5.91 Å². The van der Waals surface area contributed by atoms with Gasteiger partial charge in [-0.3, -0.25) is 24.1 Å². The standard InChI is InChI=1S/C52H57F3N8O6S/c1-50(2,3)45(47(66)61-26-8-9-43(61)46(65)59-31-33-10-12-36(13-11-33)42(58)24-25-56)60-44(64)32-68-27-6-7-28-69-40-22-17-35(18-23-40)34-14-19-38(20-15-34)63-49(70)62(48(67)51(63,4)5)39-21-16-37(30-57)41(29-39)52(53,54)55/h10-25,29,43,45,56H,6-9,26-28,31-32,58H2,1-5H3,(H,59,65)(H,60,64)/b42-24-,56-25?/t43-,45+/m0/s1. The van der Waals surface area contributed by atoms with Gasteiger partial charge < -0.3 is 41.1 Å². The molecule has 0 saturated carbocycles. The van der Waals surface area contributed by atoms with Crippen LogP contribution in [0, 0.1) is 22.2 Å². The molecule has 0 unspecified atom stereocenters. The second kappa shape index (κ2) is 22.1. The van der Waals surface area contributed by atoms with Gasteiger partial charge in [-0.2, -0.15) is 18.4 Å². The number of nitrogens with zero attached hydrogens (tertiary/aromatic N) is 4. The molecular weight excluding hydrogens is 922 g/mol. The Hall–Kier alpha value is -7.10. The van der Waals surface area contributed by atoms with Crippen molar-refractivity contribution in [3.05, 3.63) is 119 Å². The first-order valence-corrected chi connectivity index (χ1v) is 23.2. The number of nitrogens with two attached hydrogens (primary N) is 1. The Morgan fingerprint density at radius 1 is 0.957 bits per heavy atom. The van der Waals surface area contributed by atoms with Gasteiger partial charge in [-0.05, 0) is 128 Å². The number of thiocarbonyl (C=S) groups is 1. The summed E-state index contributed by atoms with van der Waals surface area (Å²) in [6.45, 7) is 9.99. The van der Waals surface area contributed by atoms with Gasteiger partial charge in [0.15, 0.2) is 5.11 Å². The number of amides is 4. The quantitative estimate of drug-likeness (QED) is 0.0430. The number of ether oxygens (including phenoxy) is 2. The summed E-state index contributed by atoms with van der Waals surface area (Å²) in [5.41, 5.74) is 6.69. The number of unbranched alkanes of at least 4 members (excludes halogenated alkanes) is 1. The summed E-state index contributed by atoms with van der Waals surface area (Å²) in [4.78, 5) is 58.1. The lowest BCUT2D eigenvalue weighted by Crippen LogP contribution is -2.58. The van der Waals surface area contributed by atoms with E-state index >= 15 is 0 Å². The van der Waals surface area contributed by atoms with Crippen molar-refractivity contribution in [2.24, 2.45) is 11.1 Å². The predicted octanol–water partition coefficient (Wildman–Crippen LogP) is 8.12. The van der Waals surface area contributed by atoms with Gasteiger partial charge in [-0.15, -0.1) is 0 Å². The first kappa shape index (κ1) is 52.3. The van der Waals surface area contributed by atoms with Gasteiger partial charge in [0.05, 0.1) is 29.5 Å². The van der Waals surface area contributed by atoms with E-state index in [1.807, 2.05) is 81.4 Å². The van der Waals surface area contributed by atoms with Crippen LogP contribution in [0.3, 0.4) is 0 Å². The number of likely N-dealkylation sites (tertiary alicyclic amines) is 1. The molecule has 0 spiro atoms. The molecule has 4 amide bonds. The maximum absolute atomic E-state index is 13.9. The third-order valence-corrected chi connectivity index (χ3v) is 12.5. The van der Waals surface area contributed by atoms with Gasteiger partial charge in [-0.1, -0.05) is 69.3 Å². The predicted molar refractivity (Wildman–Crippen MR) is 266 cm³/mol. The highest BCUT2D eigenvalue weighted by Gasteiger charge is 2.51.